The second-order valence-corrected chi connectivity index (χ2v) is 16.7. The van der Waals surface area contributed by atoms with Crippen molar-refractivity contribution in [2.75, 3.05) is 52.6 Å². The molecule has 4 aromatic rings. The SMILES string of the molecule is C=CCOC12Oc3ccc(OC(=O)Nc4ccc(OC)cc4OC)cc3C3C(CCCCO)C(CCCCO)C=C(C(=NOCC)CC1N(Cc1cccc4ccccc14)C(=O)OCC)C32. The van der Waals surface area contributed by atoms with Crippen LogP contribution in [0.4, 0.5) is 15.3 Å². The minimum Gasteiger partial charge on any atom is -0.497 e. The molecule has 7 rings (SSSR count). The van der Waals surface area contributed by atoms with Crippen molar-refractivity contribution in [3.8, 4) is 23.0 Å². The lowest BCUT2D eigenvalue weighted by Crippen LogP contribution is -2.70. The average Bonchev–Trinajstić information content (AvgIpc) is 3.33. The number of unbranched alkanes of at least 4 members (excludes halogenated alkanes) is 2. The number of carbonyl (C=O) groups is 2. The van der Waals surface area contributed by atoms with Crippen LogP contribution in [0.5, 0.6) is 23.0 Å². The number of oxime groups is 1. The summed E-state index contributed by atoms with van der Waals surface area (Å²) in [5.74, 6) is -0.729. The molecular weight excluding hydrogens is 843 g/mol. The Hall–Kier alpha value is -6.09. The lowest BCUT2D eigenvalue weighted by molar-refractivity contribution is -0.256. The molecule has 0 saturated heterocycles. The van der Waals surface area contributed by atoms with Crippen molar-refractivity contribution in [1.29, 1.82) is 0 Å². The fourth-order valence-electron chi connectivity index (χ4n) is 10.1. The summed E-state index contributed by atoms with van der Waals surface area (Å²) in [5.41, 5.74) is 3.66. The van der Waals surface area contributed by atoms with Gasteiger partial charge in [-0.2, -0.15) is 0 Å². The molecule has 0 radical (unpaired) electrons. The lowest BCUT2D eigenvalue weighted by Gasteiger charge is -2.59. The number of nitrogens with one attached hydrogen (secondary N) is 1. The van der Waals surface area contributed by atoms with Crippen LogP contribution in [0.3, 0.4) is 0 Å². The minimum absolute atomic E-state index is 0.00479. The van der Waals surface area contributed by atoms with E-state index in [-0.39, 0.29) is 62.9 Å². The van der Waals surface area contributed by atoms with Crippen molar-refractivity contribution in [2.24, 2.45) is 22.9 Å². The van der Waals surface area contributed by atoms with Crippen molar-refractivity contribution in [3.05, 3.63) is 114 Å². The van der Waals surface area contributed by atoms with E-state index < -0.39 is 29.9 Å². The van der Waals surface area contributed by atoms with Gasteiger partial charge in [0.25, 0.3) is 0 Å². The Balaban J connectivity index is 1.41. The number of methoxy groups -OCH3 is 2. The van der Waals surface area contributed by atoms with Crippen LogP contribution in [0.15, 0.2) is 108 Å². The molecule has 1 heterocycles. The summed E-state index contributed by atoms with van der Waals surface area (Å²) in [6.07, 6.45) is 7.17. The monoisotopic (exact) mass is 905 g/mol. The average molecular weight is 906 g/mol. The fourth-order valence-corrected chi connectivity index (χ4v) is 10.1. The van der Waals surface area contributed by atoms with Crippen LogP contribution < -0.4 is 24.3 Å². The Bertz CT molecular complexity index is 2380. The molecule has 6 atom stereocenters. The molecular formula is C52H63N3O11. The number of amides is 2. The molecule has 3 aliphatic rings. The molecule has 1 aliphatic heterocycles. The summed E-state index contributed by atoms with van der Waals surface area (Å²) >= 11 is 0. The van der Waals surface area contributed by atoms with Crippen LogP contribution >= 0.6 is 0 Å². The largest absolute Gasteiger partial charge is 0.497 e. The van der Waals surface area contributed by atoms with Gasteiger partial charge < -0.3 is 43.5 Å². The molecule has 0 aromatic heterocycles. The molecule has 6 unspecified atom stereocenters. The third-order valence-corrected chi connectivity index (χ3v) is 12.9. The summed E-state index contributed by atoms with van der Waals surface area (Å²) in [5, 5.41) is 29.6. The van der Waals surface area contributed by atoms with Gasteiger partial charge in [-0.3, -0.25) is 10.2 Å². The number of rotatable bonds is 21. The van der Waals surface area contributed by atoms with E-state index in [0.717, 1.165) is 53.2 Å². The van der Waals surface area contributed by atoms with Crippen molar-refractivity contribution in [3.63, 3.8) is 0 Å². The molecule has 0 bridgehead atoms. The van der Waals surface area contributed by atoms with E-state index in [0.29, 0.717) is 48.1 Å². The first-order chi connectivity index (χ1) is 32.2. The Morgan fingerprint density at radius 3 is 2.44 bits per heavy atom. The fraction of sp³-hybridized carbons (Fsp3) is 0.442. The van der Waals surface area contributed by atoms with Gasteiger partial charge in [-0.1, -0.05) is 72.6 Å². The van der Waals surface area contributed by atoms with Gasteiger partial charge in [0.2, 0.25) is 5.79 Å². The molecule has 4 aromatic carbocycles. The van der Waals surface area contributed by atoms with Gasteiger partial charge in [-0.15, -0.1) is 6.58 Å². The molecule has 3 N–H and O–H groups in total. The highest BCUT2D eigenvalue weighted by atomic mass is 16.7. The second-order valence-electron chi connectivity index (χ2n) is 16.7. The Morgan fingerprint density at radius 1 is 0.924 bits per heavy atom. The Morgan fingerprint density at radius 2 is 1.70 bits per heavy atom. The van der Waals surface area contributed by atoms with Crippen LogP contribution in [0.2, 0.25) is 0 Å². The number of aliphatic hydroxyl groups is 2. The number of ether oxygens (including phenoxy) is 6. The number of carbonyl (C=O) groups excluding carboxylic acids is 2. The summed E-state index contributed by atoms with van der Waals surface area (Å²) < 4.78 is 37.2. The summed E-state index contributed by atoms with van der Waals surface area (Å²) in [6, 6.07) is 23.7. The van der Waals surface area contributed by atoms with Crippen LogP contribution in [0.25, 0.3) is 10.8 Å². The van der Waals surface area contributed by atoms with Gasteiger partial charge in [-0.05, 0) is 104 Å². The van der Waals surface area contributed by atoms with E-state index in [4.69, 9.17) is 38.4 Å². The van der Waals surface area contributed by atoms with Crippen LogP contribution in [0.1, 0.15) is 75.8 Å². The maximum absolute atomic E-state index is 14.6. The first-order valence-electron chi connectivity index (χ1n) is 23.0. The maximum atomic E-state index is 14.6. The summed E-state index contributed by atoms with van der Waals surface area (Å²) in [6.45, 7) is 8.55. The molecule has 14 heteroatoms. The summed E-state index contributed by atoms with van der Waals surface area (Å²) in [7, 11) is 3.05. The van der Waals surface area contributed by atoms with Crippen LogP contribution in [-0.4, -0.2) is 92.1 Å². The highest BCUT2D eigenvalue weighted by Crippen LogP contribution is 2.62. The van der Waals surface area contributed by atoms with Gasteiger partial charge >= 0.3 is 12.2 Å². The number of hydrogen-bond donors (Lipinski definition) is 3. The standard InChI is InChI=1S/C52H63N3O11/c1-6-28-63-52-47(55(51(59)62-7-2)33-36-19-15-18-34-16-9-10-20-39(34)36)32-44(54-64-8-3)41-29-35(17-11-13-26-56)40(21-12-14-27-57)48(49(41)52)42-30-38(23-25-45(42)66-52)65-50(58)53-43-24-22-37(60-4)31-46(43)61-5/h6,9-10,15-16,18-20,22-25,29-31,35,40,47-49,56-57H,1,7-8,11-14,17,21,26-28,32-33H2,2-5H3,(H,53,58). The first kappa shape index (κ1) is 47.9. The predicted molar refractivity (Wildman–Crippen MR) is 252 cm³/mol. The van der Waals surface area contributed by atoms with E-state index in [1.54, 1.807) is 55.3 Å². The predicted octanol–water partition coefficient (Wildman–Crippen LogP) is 9.78. The van der Waals surface area contributed by atoms with E-state index >= 15 is 0 Å². The van der Waals surface area contributed by atoms with Gasteiger partial charge in [-0.25, -0.2) is 9.59 Å². The van der Waals surface area contributed by atoms with E-state index in [1.807, 2.05) is 55.5 Å². The third kappa shape index (κ3) is 10.2. The van der Waals surface area contributed by atoms with Crippen molar-refractivity contribution < 1.29 is 53.1 Å². The molecule has 0 spiro atoms. The lowest BCUT2D eigenvalue weighted by atomic mass is 9.55. The van der Waals surface area contributed by atoms with Gasteiger partial charge in [0.05, 0.1) is 51.3 Å². The number of nitrogens with zero attached hydrogens (tertiary/aromatic N) is 2. The molecule has 14 nitrogen and oxygen atoms in total. The van der Waals surface area contributed by atoms with Crippen molar-refractivity contribution >= 4 is 34.4 Å². The number of anilines is 1. The maximum Gasteiger partial charge on any atom is 0.417 e. The molecule has 2 aliphatic carbocycles. The van der Waals surface area contributed by atoms with Crippen LogP contribution in [-0.2, 0) is 20.9 Å². The summed E-state index contributed by atoms with van der Waals surface area (Å²) in [4.78, 5) is 35.9. The normalized spacial score (nSPS) is 22.2. The zero-order valence-electron chi connectivity index (χ0n) is 38.4. The topological polar surface area (TPSA) is 167 Å². The van der Waals surface area contributed by atoms with Crippen molar-refractivity contribution in [2.45, 2.75) is 83.1 Å². The Kier molecular flexibility index (Phi) is 16.2. The van der Waals surface area contributed by atoms with Gasteiger partial charge in [0.1, 0.15) is 35.6 Å². The Labute approximate surface area is 387 Å². The van der Waals surface area contributed by atoms with Crippen LogP contribution in [0, 0.1) is 17.8 Å². The smallest absolute Gasteiger partial charge is 0.417 e. The third-order valence-electron chi connectivity index (χ3n) is 12.9. The highest BCUT2D eigenvalue weighted by molar-refractivity contribution is 6.03. The minimum atomic E-state index is -1.52. The number of hydrogen-bond acceptors (Lipinski definition) is 12. The number of aliphatic hydroxyl groups excluding tert-OH is 2. The van der Waals surface area contributed by atoms with E-state index in [1.165, 1.54) is 7.11 Å². The number of benzene rings is 4. The van der Waals surface area contributed by atoms with Gasteiger partial charge in [0.15, 0.2) is 0 Å². The molecule has 2 amide bonds. The molecule has 66 heavy (non-hydrogen) atoms. The van der Waals surface area contributed by atoms with Crippen molar-refractivity contribution in [1.82, 2.24) is 4.90 Å². The molecule has 1 fully saturated rings. The zero-order valence-corrected chi connectivity index (χ0v) is 38.4. The molecule has 1 saturated carbocycles. The van der Waals surface area contributed by atoms with Gasteiger partial charge in [0, 0.05) is 37.2 Å². The number of allylic oxidation sites excluding steroid dienone is 1. The highest BCUT2D eigenvalue weighted by Gasteiger charge is 2.65. The molecule has 352 valence electrons. The number of fused-ring (bicyclic) bond motifs is 3. The van der Waals surface area contributed by atoms with E-state index in [2.05, 4.69) is 18.0 Å². The quantitative estimate of drug-likeness (QED) is 0.0414. The second kappa shape index (κ2) is 22.4. The van der Waals surface area contributed by atoms with E-state index in [9.17, 15) is 19.8 Å². The first-order valence-corrected chi connectivity index (χ1v) is 23.0. The zero-order chi connectivity index (χ0) is 46.6.